The van der Waals surface area contributed by atoms with E-state index in [2.05, 4.69) is 55.2 Å². The third kappa shape index (κ3) is 5.80. The maximum Gasteiger partial charge on any atom is 0.282 e. The molecule has 40 heavy (non-hydrogen) atoms. The third-order valence-corrected chi connectivity index (χ3v) is 8.31. The molecule has 0 radical (unpaired) electrons. The third-order valence-electron chi connectivity index (χ3n) is 6.37. The molecule has 0 N–H and O–H groups in total. The van der Waals surface area contributed by atoms with Crippen molar-refractivity contribution in [2.24, 2.45) is 5.10 Å². The molecule has 4 aromatic carbocycles. The summed E-state index contributed by atoms with van der Waals surface area (Å²) in [6, 6.07) is 21.6. The average Bonchev–Trinajstić information content (AvgIpc) is 2.96. The van der Waals surface area contributed by atoms with Gasteiger partial charge in [-0.15, -0.1) is 0 Å². The average molecular weight is 684 g/mol. The molecule has 6 nitrogen and oxygen atoms in total. The van der Waals surface area contributed by atoms with Gasteiger partial charge in [-0.3, -0.25) is 4.79 Å². The standard InChI is InChI=1S/C31H26Br2ClN3O3/c1-3-8-27-36-25-14-13-22(32)16-24(25)31(38)37(27)35-17-21-15-26(39-4-2)30(29(34)28(21)33)40-18-20-11-7-10-19-9-5-6-12-23(19)20/h5-7,9-17H,3-4,8,18H2,1-2H3. The molecule has 5 aromatic rings. The van der Waals surface area contributed by atoms with Gasteiger partial charge in [-0.2, -0.15) is 9.78 Å². The van der Waals surface area contributed by atoms with E-state index >= 15 is 0 Å². The monoisotopic (exact) mass is 681 g/mol. The second kappa shape index (κ2) is 12.5. The van der Waals surface area contributed by atoms with E-state index in [4.69, 9.17) is 26.1 Å². The fourth-order valence-electron chi connectivity index (χ4n) is 4.48. The van der Waals surface area contributed by atoms with Gasteiger partial charge in [0.2, 0.25) is 0 Å². The number of aromatic nitrogens is 2. The molecule has 0 aliphatic carbocycles. The van der Waals surface area contributed by atoms with E-state index in [-0.39, 0.29) is 5.56 Å². The number of rotatable bonds is 9. The highest BCUT2D eigenvalue weighted by Crippen LogP contribution is 2.43. The zero-order valence-corrected chi connectivity index (χ0v) is 25.9. The molecule has 0 unspecified atom stereocenters. The molecule has 5 rings (SSSR count). The normalized spacial score (nSPS) is 11.5. The Morgan fingerprint density at radius 3 is 2.60 bits per heavy atom. The topological polar surface area (TPSA) is 65.7 Å². The minimum atomic E-state index is -0.242. The lowest BCUT2D eigenvalue weighted by Gasteiger charge is -2.17. The van der Waals surface area contributed by atoms with Gasteiger partial charge in [0, 0.05) is 20.9 Å². The largest absolute Gasteiger partial charge is 0.490 e. The first-order valence-electron chi connectivity index (χ1n) is 12.9. The molecule has 0 aliphatic rings. The Morgan fingerprint density at radius 1 is 1.00 bits per heavy atom. The Balaban J connectivity index is 1.52. The van der Waals surface area contributed by atoms with Crippen LogP contribution in [-0.2, 0) is 13.0 Å². The molecule has 0 saturated heterocycles. The minimum Gasteiger partial charge on any atom is -0.490 e. The lowest BCUT2D eigenvalue weighted by molar-refractivity contribution is 0.270. The molecule has 204 valence electrons. The zero-order chi connectivity index (χ0) is 28.2. The number of hydrogen-bond acceptors (Lipinski definition) is 5. The van der Waals surface area contributed by atoms with Gasteiger partial charge in [-0.05, 0) is 69.9 Å². The summed E-state index contributed by atoms with van der Waals surface area (Å²) in [5, 5.41) is 7.65. The van der Waals surface area contributed by atoms with Crippen LogP contribution in [0.5, 0.6) is 11.5 Å². The van der Waals surface area contributed by atoms with Crippen molar-refractivity contribution in [3.8, 4) is 11.5 Å². The predicted molar refractivity (Wildman–Crippen MR) is 169 cm³/mol. The van der Waals surface area contributed by atoms with Gasteiger partial charge in [0.15, 0.2) is 11.5 Å². The van der Waals surface area contributed by atoms with E-state index < -0.39 is 0 Å². The van der Waals surface area contributed by atoms with Crippen molar-refractivity contribution in [2.45, 2.75) is 33.3 Å². The van der Waals surface area contributed by atoms with E-state index in [9.17, 15) is 4.79 Å². The Morgan fingerprint density at radius 2 is 1.80 bits per heavy atom. The second-order valence-corrected chi connectivity index (χ2v) is 11.2. The number of nitrogens with zero attached hydrogens (tertiary/aromatic N) is 3. The van der Waals surface area contributed by atoms with Crippen LogP contribution in [0.1, 0.15) is 37.2 Å². The van der Waals surface area contributed by atoms with Crippen molar-refractivity contribution in [3.63, 3.8) is 0 Å². The van der Waals surface area contributed by atoms with Gasteiger partial charge < -0.3 is 9.47 Å². The van der Waals surface area contributed by atoms with Crippen LogP contribution in [-0.4, -0.2) is 22.5 Å². The summed E-state index contributed by atoms with van der Waals surface area (Å²) in [7, 11) is 0. The second-order valence-electron chi connectivity index (χ2n) is 9.08. The van der Waals surface area contributed by atoms with Crippen LogP contribution < -0.4 is 15.0 Å². The van der Waals surface area contributed by atoms with E-state index in [1.807, 2.05) is 50.2 Å². The smallest absolute Gasteiger partial charge is 0.282 e. The predicted octanol–water partition coefficient (Wildman–Crippen LogP) is 8.54. The molecule has 0 atom stereocenters. The fraction of sp³-hybridized carbons (Fsp3) is 0.194. The highest BCUT2D eigenvalue weighted by Gasteiger charge is 2.18. The van der Waals surface area contributed by atoms with Crippen molar-refractivity contribution in [3.05, 3.63) is 108 Å². The van der Waals surface area contributed by atoms with Gasteiger partial charge in [0.25, 0.3) is 5.56 Å². The first kappa shape index (κ1) is 28.3. The molecule has 1 heterocycles. The summed E-state index contributed by atoms with van der Waals surface area (Å²) >= 11 is 13.9. The van der Waals surface area contributed by atoms with Gasteiger partial charge in [0.1, 0.15) is 17.5 Å². The molecule has 0 amide bonds. The highest BCUT2D eigenvalue weighted by molar-refractivity contribution is 9.10. The van der Waals surface area contributed by atoms with Crippen LogP contribution in [0.4, 0.5) is 0 Å². The number of aryl methyl sites for hydroxylation is 1. The van der Waals surface area contributed by atoms with Crippen LogP contribution in [0.2, 0.25) is 5.02 Å². The number of halogens is 3. The summed E-state index contributed by atoms with van der Waals surface area (Å²) < 4.78 is 14.9. The summed E-state index contributed by atoms with van der Waals surface area (Å²) in [6.45, 7) is 4.67. The van der Waals surface area contributed by atoms with E-state index in [1.54, 1.807) is 18.3 Å². The number of ether oxygens (including phenoxy) is 2. The Labute approximate surface area is 253 Å². The maximum absolute atomic E-state index is 13.4. The lowest BCUT2D eigenvalue weighted by Crippen LogP contribution is -2.22. The molecular weight excluding hydrogens is 658 g/mol. The van der Waals surface area contributed by atoms with Crippen LogP contribution in [0, 0.1) is 0 Å². The van der Waals surface area contributed by atoms with Crippen molar-refractivity contribution in [1.82, 2.24) is 9.66 Å². The summed E-state index contributed by atoms with van der Waals surface area (Å²) in [4.78, 5) is 18.1. The van der Waals surface area contributed by atoms with Crippen LogP contribution in [0.25, 0.3) is 21.7 Å². The first-order chi connectivity index (χ1) is 19.4. The number of hydrogen-bond donors (Lipinski definition) is 0. The summed E-state index contributed by atoms with van der Waals surface area (Å²) in [5.41, 5.74) is 2.07. The van der Waals surface area contributed by atoms with Gasteiger partial charge in [-0.1, -0.05) is 76.9 Å². The lowest BCUT2D eigenvalue weighted by atomic mass is 10.1. The van der Waals surface area contributed by atoms with Crippen molar-refractivity contribution in [1.29, 1.82) is 0 Å². The van der Waals surface area contributed by atoms with Gasteiger partial charge >= 0.3 is 0 Å². The quantitative estimate of drug-likeness (QED) is 0.146. The van der Waals surface area contributed by atoms with Gasteiger partial charge in [-0.25, -0.2) is 4.98 Å². The Bertz CT molecular complexity index is 1800. The van der Waals surface area contributed by atoms with Crippen LogP contribution in [0.3, 0.4) is 0 Å². The molecule has 0 aliphatic heterocycles. The van der Waals surface area contributed by atoms with Crippen LogP contribution in [0.15, 0.2) is 85.6 Å². The molecule has 1 aromatic heterocycles. The van der Waals surface area contributed by atoms with E-state index in [0.717, 1.165) is 27.2 Å². The molecule has 0 bridgehead atoms. The molecular formula is C31H26Br2ClN3O3. The van der Waals surface area contributed by atoms with Crippen molar-refractivity contribution < 1.29 is 9.47 Å². The first-order valence-corrected chi connectivity index (χ1v) is 14.9. The maximum atomic E-state index is 13.4. The SMILES string of the molecule is CCCc1nc2ccc(Br)cc2c(=O)n1N=Cc1cc(OCC)c(OCc2cccc3ccccc23)c(Cl)c1Br. The molecule has 0 fully saturated rings. The zero-order valence-electron chi connectivity index (χ0n) is 22.0. The summed E-state index contributed by atoms with van der Waals surface area (Å²) in [6.07, 6.45) is 3.00. The minimum absolute atomic E-state index is 0.242. The Kier molecular flexibility index (Phi) is 8.88. The van der Waals surface area contributed by atoms with Crippen LogP contribution >= 0.6 is 43.5 Å². The van der Waals surface area contributed by atoms with E-state index in [1.165, 1.54) is 4.68 Å². The van der Waals surface area contributed by atoms with Gasteiger partial charge in [0.05, 0.1) is 23.7 Å². The molecule has 9 heteroatoms. The number of fused-ring (bicyclic) bond motifs is 2. The Hall–Kier alpha value is -3.20. The van der Waals surface area contributed by atoms with E-state index in [0.29, 0.717) is 62.9 Å². The molecule has 0 saturated carbocycles. The highest BCUT2D eigenvalue weighted by atomic mass is 79.9. The van der Waals surface area contributed by atoms with Crippen molar-refractivity contribution >= 4 is 71.4 Å². The fourth-order valence-corrected chi connectivity index (χ4v) is 5.50. The number of benzene rings is 4. The van der Waals surface area contributed by atoms with Crippen molar-refractivity contribution in [2.75, 3.05) is 6.61 Å². The summed E-state index contributed by atoms with van der Waals surface area (Å²) in [5.74, 6) is 1.50. The molecule has 0 spiro atoms.